The van der Waals surface area contributed by atoms with Gasteiger partial charge in [0.25, 0.3) is 5.91 Å². The number of hydrogen-bond donors (Lipinski definition) is 2. The van der Waals surface area contributed by atoms with Crippen LogP contribution in [0.1, 0.15) is 52.9 Å². The van der Waals surface area contributed by atoms with E-state index < -0.39 is 0 Å². The number of H-pyrrole nitrogens is 1. The molecule has 2 fully saturated rings. The molecule has 6 heteroatoms. The highest BCUT2D eigenvalue weighted by atomic mass is 16.5. The predicted octanol–water partition coefficient (Wildman–Crippen LogP) is 3.55. The van der Waals surface area contributed by atoms with E-state index in [1.165, 1.54) is 35.2 Å². The number of amides is 1. The molecule has 150 valence electrons. The molecule has 0 bridgehead atoms. The summed E-state index contributed by atoms with van der Waals surface area (Å²) in [7, 11) is 1.61. The third kappa shape index (κ3) is 1.96. The fourth-order valence-electron chi connectivity index (χ4n) is 5.83. The van der Waals surface area contributed by atoms with Crippen LogP contribution >= 0.6 is 0 Å². The second-order valence-electron chi connectivity index (χ2n) is 9.16. The zero-order valence-corrected chi connectivity index (χ0v) is 16.8. The minimum Gasteiger partial charge on any atom is -0.481 e. The van der Waals surface area contributed by atoms with Gasteiger partial charge in [0, 0.05) is 40.7 Å². The van der Waals surface area contributed by atoms with Gasteiger partial charge in [-0.25, -0.2) is 4.98 Å². The van der Waals surface area contributed by atoms with Crippen LogP contribution in [0.5, 0.6) is 5.88 Å². The van der Waals surface area contributed by atoms with Crippen molar-refractivity contribution in [1.29, 1.82) is 0 Å². The number of methoxy groups -OCH3 is 1. The molecular weight excluding hydrogens is 376 g/mol. The van der Waals surface area contributed by atoms with Crippen LogP contribution in [0.15, 0.2) is 30.6 Å². The Morgan fingerprint density at radius 3 is 2.63 bits per heavy atom. The monoisotopic (exact) mass is 398 g/mol. The lowest BCUT2D eigenvalue weighted by atomic mass is 9.81. The number of ether oxygens (including phenoxy) is 1. The van der Waals surface area contributed by atoms with Crippen LogP contribution in [0, 0.1) is 0 Å². The number of nitrogens with zero attached hydrogens (tertiary/aromatic N) is 2. The topological polar surface area (TPSA) is 79.9 Å². The Kier molecular flexibility index (Phi) is 2.94. The minimum absolute atomic E-state index is 0.0194. The molecular formula is C24H22N4O2. The lowest BCUT2D eigenvalue weighted by Crippen LogP contribution is -2.51. The van der Waals surface area contributed by atoms with Crippen molar-refractivity contribution in [1.82, 2.24) is 20.3 Å². The van der Waals surface area contributed by atoms with Gasteiger partial charge >= 0.3 is 0 Å². The Balaban J connectivity index is 1.38. The molecule has 0 atom stereocenters. The maximum atomic E-state index is 13.1. The summed E-state index contributed by atoms with van der Waals surface area (Å²) in [6.45, 7) is 0. The molecule has 6 nitrogen and oxygen atoms in total. The lowest BCUT2D eigenvalue weighted by Gasteiger charge is -2.33. The number of fused-ring (bicyclic) bond motifs is 7. The zero-order chi connectivity index (χ0) is 20.1. The molecule has 0 aromatic carbocycles. The summed E-state index contributed by atoms with van der Waals surface area (Å²) >= 11 is 0. The molecule has 0 unspecified atom stereocenters. The first-order valence-electron chi connectivity index (χ1n) is 10.7. The molecule has 4 aliphatic rings. The van der Waals surface area contributed by atoms with Gasteiger partial charge in [-0.15, -0.1) is 0 Å². The summed E-state index contributed by atoms with van der Waals surface area (Å²) in [5.74, 6) is 0.709. The second-order valence-corrected chi connectivity index (χ2v) is 9.16. The van der Waals surface area contributed by atoms with Crippen LogP contribution in [0.2, 0.25) is 0 Å². The molecule has 3 aromatic rings. The standard InChI is InChI=1S/C24H22N4O2/c1-30-18-5-3-14(12-26-18)17-10-16-13(11-25-17)2-4-15-19-21(27-20(15)16)23(6-7-23)24(8-9-24)28-22(19)29/h3,5,10-12,27H,2,4,6-9H2,1H3,(H,28,29). The van der Waals surface area contributed by atoms with Crippen molar-refractivity contribution in [3.63, 3.8) is 0 Å². The number of carbonyl (C=O) groups is 1. The zero-order valence-electron chi connectivity index (χ0n) is 16.8. The SMILES string of the molecule is COc1ccc(-c2cc3c(cn2)CCc2c-3[nH]c3c2C(=O)NC2(CC2)C32CC2)cn1. The lowest BCUT2D eigenvalue weighted by molar-refractivity contribution is 0.0898. The predicted molar refractivity (Wildman–Crippen MR) is 112 cm³/mol. The normalized spacial score (nSPS) is 20.9. The summed E-state index contributed by atoms with van der Waals surface area (Å²) in [6.07, 6.45) is 10.1. The molecule has 2 spiro atoms. The number of aromatic amines is 1. The molecule has 2 saturated carbocycles. The molecule has 1 aliphatic heterocycles. The number of hydrogen-bond acceptors (Lipinski definition) is 4. The van der Waals surface area contributed by atoms with Gasteiger partial charge in [0.1, 0.15) is 0 Å². The van der Waals surface area contributed by atoms with Gasteiger partial charge in [0.2, 0.25) is 5.88 Å². The molecule has 4 heterocycles. The average Bonchev–Trinajstić information content (AvgIpc) is 3.69. The summed E-state index contributed by atoms with van der Waals surface area (Å²) in [6, 6.07) is 5.97. The molecule has 3 aromatic heterocycles. The maximum absolute atomic E-state index is 13.1. The third-order valence-corrected chi connectivity index (χ3v) is 7.72. The van der Waals surface area contributed by atoms with Gasteiger partial charge in [-0.3, -0.25) is 9.78 Å². The molecule has 2 N–H and O–H groups in total. The Bertz CT molecular complexity index is 1230. The van der Waals surface area contributed by atoms with E-state index in [9.17, 15) is 4.79 Å². The quantitative estimate of drug-likeness (QED) is 0.692. The summed E-state index contributed by atoms with van der Waals surface area (Å²) in [4.78, 5) is 25.9. The highest BCUT2D eigenvalue weighted by Crippen LogP contribution is 2.67. The third-order valence-electron chi connectivity index (χ3n) is 7.72. The van der Waals surface area contributed by atoms with Crippen LogP contribution in [-0.4, -0.2) is 33.5 Å². The number of aromatic nitrogens is 3. The van der Waals surface area contributed by atoms with Crippen molar-refractivity contribution in [2.45, 2.75) is 49.5 Å². The highest BCUT2D eigenvalue weighted by molar-refractivity contribution is 6.02. The summed E-state index contributed by atoms with van der Waals surface area (Å²) in [5.41, 5.74) is 8.82. The van der Waals surface area contributed by atoms with Crippen molar-refractivity contribution in [2.24, 2.45) is 0 Å². The molecule has 7 rings (SSSR count). The first kappa shape index (κ1) is 16.6. The van der Waals surface area contributed by atoms with Crippen molar-refractivity contribution < 1.29 is 9.53 Å². The van der Waals surface area contributed by atoms with Crippen molar-refractivity contribution in [2.75, 3.05) is 7.11 Å². The second kappa shape index (κ2) is 5.31. The average molecular weight is 398 g/mol. The van der Waals surface area contributed by atoms with E-state index in [0.29, 0.717) is 5.88 Å². The van der Waals surface area contributed by atoms with Crippen LogP contribution < -0.4 is 10.1 Å². The summed E-state index contributed by atoms with van der Waals surface area (Å²) < 4.78 is 5.17. The first-order chi connectivity index (χ1) is 14.6. The van der Waals surface area contributed by atoms with E-state index in [2.05, 4.69) is 26.3 Å². The molecule has 0 radical (unpaired) electrons. The van der Waals surface area contributed by atoms with Gasteiger partial charge in [-0.1, -0.05) is 0 Å². The number of nitrogens with one attached hydrogen (secondary N) is 2. The van der Waals surface area contributed by atoms with Gasteiger partial charge < -0.3 is 15.0 Å². The number of pyridine rings is 2. The van der Waals surface area contributed by atoms with Crippen molar-refractivity contribution in [3.05, 3.63) is 53.0 Å². The first-order valence-corrected chi connectivity index (χ1v) is 10.7. The van der Waals surface area contributed by atoms with Crippen LogP contribution in [0.25, 0.3) is 22.5 Å². The Morgan fingerprint density at radius 1 is 1.07 bits per heavy atom. The number of carbonyl (C=O) groups excluding carboxylic acids is 1. The van der Waals surface area contributed by atoms with Crippen LogP contribution in [0.3, 0.4) is 0 Å². The fraction of sp³-hybridized carbons (Fsp3) is 0.375. The molecule has 0 saturated heterocycles. The maximum Gasteiger partial charge on any atom is 0.253 e. The number of rotatable bonds is 2. The number of aryl methyl sites for hydroxylation is 1. The van der Waals surface area contributed by atoms with Crippen molar-refractivity contribution >= 4 is 5.91 Å². The van der Waals surface area contributed by atoms with E-state index in [1.54, 1.807) is 13.3 Å². The van der Waals surface area contributed by atoms with Crippen LogP contribution in [0.4, 0.5) is 0 Å². The largest absolute Gasteiger partial charge is 0.481 e. The van der Waals surface area contributed by atoms with E-state index in [4.69, 9.17) is 4.74 Å². The van der Waals surface area contributed by atoms with Gasteiger partial charge in [-0.05, 0) is 61.8 Å². The Morgan fingerprint density at radius 2 is 1.93 bits per heavy atom. The van der Waals surface area contributed by atoms with Crippen LogP contribution in [-0.2, 0) is 18.3 Å². The van der Waals surface area contributed by atoms with Gasteiger partial charge in [-0.2, -0.15) is 0 Å². The molecule has 1 amide bonds. The fourth-order valence-corrected chi connectivity index (χ4v) is 5.83. The van der Waals surface area contributed by atoms with Gasteiger partial charge in [0.05, 0.1) is 29.6 Å². The van der Waals surface area contributed by atoms with Crippen molar-refractivity contribution in [3.8, 4) is 28.4 Å². The molecule has 30 heavy (non-hydrogen) atoms. The Labute approximate surface area is 174 Å². The van der Waals surface area contributed by atoms with E-state index in [0.717, 1.165) is 48.2 Å². The molecule has 3 aliphatic carbocycles. The minimum atomic E-state index is 0.0194. The highest BCUT2D eigenvalue weighted by Gasteiger charge is 2.70. The smallest absolute Gasteiger partial charge is 0.253 e. The summed E-state index contributed by atoms with van der Waals surface area (Å²) in [5, 5.41) is 3.39. The van der Waals surface area contributed by atoms with E-state index >= 15 is 0 Å². The van der Waals surface area contributed by atoms with E-state index in [-0.39, 0.29) is 16.9 Å². The van der Waals surface area contributed by atoms with E-state index in [1.807, 2.05) is 18.3 Å². The Hall–Kier alpha value is -3.15. The van der Waals surface area contributed by atoms with Gasteiger partial charge in [0.15, 0.2) is 0 Å².